The van der Waals surface area contributed by atoms with Gasteiger partial charge in [-0.25, -0.2) is 4.68 Å². The Balaban J connectivity index is 2.05. The van der Waals surface area contributed by atoms with Crippen LogP contribution >= 0.6 is 0 Å². The molecule has 2 heterocycles. The Morgan fingerprint density at radius 1 is 1.20 bits per heavy atom. The molecule has 7 nitrogen and oxygen atoms in total. The molecule has 0 unspecified atom stereocenters. The van der Waals surface area contributed by atoms with Crippen molar-refractivity contribution in [3.63, 3.8) is 0 Å². The van der Waals surface area contributed by atoms with Gasteiger partial charge in [-0.05, 0) is 32.9 Å². The number of carbonyl (C=O) groups excluding carboxylic acids is 1. The number of anilines is 2. The number of nitrogens with two attached hydrogens (primary N) is 1. The van der Waals surface area contributed by atoms with E-state index in [1.54, 1.807) is 28.2 Å². The molecule has 0 spiro atoms. The molecule has 2 aromatic heterocycles. The first-order valence-electron chi connectivity index (χ1n) is 8.17. The second-order valence-electron chi connectivity index (χ2n) is 5.92. The lowest BCUT2D eigenvalue weighted by Crippen LogP contribution is -2.31. The van der Waals surface area contributed by atoms with Gasteiger partial charge in [-0.1, -0.05) is 18.2 Å². The molecule has 0 saturated carbocycles. The molecule has 25 heavy (non-hydrogen) atoms. The summed E-state index contributed by atoms with van der Waals surface area (Å²) in [5.74, 6) is 0.464. The van der Waals surface area contributed by atoms with Crippen molar-refractivity contribution < 1.29 is 4.79 Å². The van der Waals surface area contributed by atoms with Gasteiger partial charge in [0.1, 0.15) is 11.5 Å². The van der Waals surface area contributed by atoms with E-state index in [9.17, 15) is 4.79 Å². The van der Waals surface area contributed by atoms with Crippen LogP contribution in [0, 0.1) is 13.8 Å². The van der Waals surface area contributed by atoms with E-state index < -0.39 is 0 Å². The topological polar surface area (TPSA) is 82.0 Å². The normalized spacial score (nSPS) is 10.9. The van der Waals surface area contributed by atoms with E-state index >= 15 is 0 Å². The van der Waals surface area contributed by atoms with Crippen LogP contribution in [0.5, 0.6) is 0 Å². The van der Waals surface area contributed by atoms with Crippen LogP contribution < -0.4 is 10.6 Å². The van der Waals surface area contributed by atoms with Crippen LogP contribution in [0.15, 0.2) is 36.4 Å². The minimum absolute atomic E-state index is 0.211. The molecule has 0 radical (unpaired) electrons. The predicted molar refractivity (Wildman–Crippen MR) is 98.1 cm³/mol. The Kier molecular flexibility index (Phi) is 4.31. The third kappa shape index (κ3) is 2.88. The number of nitrogen functional groups attached to an aromatic ring is 1. The summed E-state index contributed by atoms with van der Waals surface area (Å²) in [5, 5.41) is 8.85. The summed E-state index contributed by atoms with van der Waals surface area (Å²) in [6, 6.07) is 11.6. The van der Waals surface area contributed by atoms with Crippen LogP contribution in [0.1, 0.15) is 28.8 Å². The van der Waals surface area contributed by atoms with Crippen molar-refractivity contribution in [3.8, 4) is 5.69 Å². The van der Waals surface area contributed by atoms with Gasteiger partial charge in [-0.2, -0.15) is 10.2 Å². The van der Waals surface area contributed by atoms with Gasteiger partial charge >= 0.3 is 0 Å². The Morgan fingerprint density at radius 2 is 1.88 bits per heavy atom. The first-order valence-corrected chi connectivity index (χ1v) is 8.17. The van der Waals surface area contributed by atoms with Crippen LogP contribution in [-0.2, 0) is 6.54 Å². The number of hydrogen-bond donors (Lipinski definition) is 1. The molecular weight excluding hydrogens is 316 g/mol. The molecule has 0 aliphatic rings. The van der Waals surface area contributed by atoms with Gasteiger partial charge in [0.2, 0.25) is 0 Å². The summed E-state index contributed by atoms with van der Waals surface area (Å²) in [6.07, 6.45) is 0. The number of carbonyl (C=O) groups is 1. The monoisotopic (exact) mass is 338 g/mol. The summed E-state index contributed by atoms with van der Waals surface area (Å²) in [4.78, 5) is 14.7. The maximum absolute atomic E-state index is 13.1. The van der Waals surface area contributed by atoms with Crippen LogP contribution in [-0.4, -0.2) is 32.5 Å². The SMILES string of the molecule is CCn1nc(C)c(N)c1C(=O)N(C)c1cc(C)nn1-c1ccccc1. The van der Waals surface area contributed by atoms with Crippen molar-refractivity contribution in [1.82, 2.24) is 19.6 Å². The summed E-state index contributed by atoms with van der Waals surface area (Å²) in [5.41, 5.74) is 9.29. The van der Waals surface area contributed by atoms with Gasteiger partial charge < -0.3 is 5.73 Å². The Hall–Kier alpha value is -3.09. The van der Waals surface area contributed by atoms with Gasteiger partial charge in [0.15, 0.2) is 0 Å². The molecule has 0 aliphatic carbocycles. The minimum Gasteiger partial charge on any atom is -0.395 e. The number of para-hydroxylation sites is 1. The molecule has 3 aromatic rings. The fourth-order valence-corrected chi connectivity index (χ4v) is 2.80. The lowest BCUT2D eigenvalue weighted by molar-refractivity contribution is 0.0982. The van der Waals surface area contributed by atoms with Gasteiger partial charge in [0.25, 0.3) is 5.91 Å². The van der Waals surface area contributed by atoms with Crippen LogP contribution in [0.3, 0.4) is 0 Å². The van der Waals surface area contributed by atoms with E-state index in [1.807, 2.05) is 50.2 Å². The largest absolute Gasteiger partial charge is 0.395 e. The maximum Gasteiger partial charge on any atom is 0.279 e. The molecule has 1 aromatic carbocycles. The number of rotatable bonds is 4. The van der Waals surface area contributed by atoms with Gasteiger partial charge in [0.05, 0.1) is 22.8 Å². The van der Waals surface area contributed by atoms with E-state index in [4.69, 9.17) is 5.73 Å². The maximum atomic E-state index is 13.1. The highest BCUT2D eigenvalue weighted by Gasteiger charge is 2.25. The van der Waals surface area contributed by atoms with E-state index in [2.05, 4.69) is 10.2 Å². The molecule has 1 amide bonds. The quantitative estimate of drug-likeness (QED) is 0.792. The highest BCUT2D eigenvalue weighted by molar-refractivity contribution is 6.07. The first-order chi connectivity index (χ1) is 11.9. The van der Waals surface area contributed by atoms with Crippen LogP contribution in [0.4, 0.5) is 11.5 Å². The lowest BCUT2D eigenvalue weighted by atomic mass is 10.2. The molecule has 0 bridgehead atoms. The van der Waals surface area contributed by atoms with Crippen LogP contribution in [0.2, 0.25) is 0 Å². The van der Waals surface area contributed by atoms with Gasteiger partial charge in [-0.15, -0.1) is 0 Å². The van der Waals surface area contributed by atoms with Crippen LogP contribution in [0.25, 0.3) is 5.69 Å². The summed E-state index contributed by atoms with van der Waals surface area (Å²) >= 11 is 0. The van der Waals surface area contributed by atoms with Crippen molar-refractivity contribution >= 4 is 17.4 Å². The van der Waals surface area contributed by atoms with E-state index in [0.29, 0.717) is 29.4 Å². The summed E-state index contributed by atoms with van der Waals surface area (Å²) in [6.45, 7) is 6.21. The van der Waals surface area contributed by atoms with E-state index in [1.165, 1.54) is 0 Å². The first kappa shape index (κ1) is 16.8. The summed E-state index contributed by atoms with van der Waals surface area (Å²) < 4.78 is 3.39. The number of aromatic nitrogens is 4. The van der Waals surface area contributed by atoms with E-state index in [0.717, 1.165) is 11.4 Å². The fraction of sp³-hybridized carbons (Fsp3) is 0.278. The Labute approximate surface area is 146 Å². The van der Waals surface area contributed by atoms with Gasteiger partial charge in [-0.3, -0.25) is 14.4 Å². The van der Waals surface area contributed by atoms with Crippen molar-refractivity contribution in [1.29, 1.82) is 0 Å². The number of aryl methyl sites for hydroxylation is 3. The second kappa shape index (κ2) is 6.43. The molecule has 0 aliphatic heterocycles. The number of benzene rings is 1. The van der Waals surface area contributed by atoms with Crippen molar-refractivity contribution in [3.05, 3.63) is 53.5 Å². The Bertz CT molecular complexity index is 909. The summed E-state index contributed by atoms with van der Waals surface area (Å²) in [7, 11) is 1.72. The number of amides is 1. The lowest BCUT2D eigenvalue weighted by Gasteiger charge is -2.19. The zero-order valence-electron chi connectivity index (χ0n) is 14.9. The fourth-order valence-electron chi connectivity index (χ4n) is 2.80. The second-order valence-corrected chi connectivity index (χ2v) is 5.92. The predicted octanol–water partition coefficient (Wildman–Crippen LogP) is 2.56. The molecule has 0 fully saturated rings. The number of nitrogens with zero attached hydrogens (tertiary/aromatic N) is 5. The average Bonchev–Trinajstić information content (AvgIpc) is 3.14. The molecule has 0 saturated heterocycles. The molecule has 2 N–H and O–H groups in total. The zero-order chi connectivity index (χ0) is 18.1. The molecule has 0 atom stereocenters. The Morgan fingerprint density at radius 3 is 2.52 bits per heavy atom. The molecule has 130 valence electrons. The minimum atomic E-state index is -0.211. The molecule has 7 heteroatoms. The molecular formula is C18H22N6O. The van der Waals surface area contributed by atoms with Gasteiger partial charge in [0, 0.05) is 19.7 Å². The van der Waals surface area contributed by atoms with Crippen molar-refractivity contribution in [2.75, 3.05) is 17.7 Å². The highest BCUT2D eigenvalue weighted by Crippen LogP contribution is 2.24. The third-order valence-corrected chi connectivity index (χ3v) is 4.14. The zero-order valence-corrected chi connectivity index (χ0v) is 14.9. The highest BCUT2D eigenvalue weighted by atomic mass is 16.2. The van der Waals surface area contributed by atoms with Crippen molar-refractivity contribution in [2.45, 2.75) is 27.3 Å². The standard InChI is InChI=1S/C18H22N6O/c1-5-23-17(16(19)13(3)21-23)18(25)22(4)15-11-12(2)20-24(15)14-9-7-6-8-10-14/h6-11H,5,19H2,1-4H3. The average molecular weight is 338 g/mol. The smallest absolute Gasteiger partial charge is 0.279 e. The van der Waals surface area contributed by atoms with Crippen molar-refractivity contribution in [2.24, 2.45) is 0 Å². The molecule has 3 rings (SSSR count). The van der Waals surface area contributed by atoms with E-state index in [-0.39, 0.29) is 5.91 Å². The number of hydrogen-bond acceptors (Lipinski definition) is 4. The third-order valence-electron chi connectivity index (χ3n) is 4.14.